The lowest BCUT2D eigenvalue weighted by Gasteiger charge is -2.02. The van der Waals surface area contributed by atoms with Gasteiger partial charge in [-0.3, -0.25) is 4.68 Å². The number of hydrogen-bond donors (Lipinski definition) is 1. The molecule has 86 valence electrons. The van der Waals surface area contributed by atoms with Crippen molar-refractivity contribution in [2.45, 2.75) is 13.1 Å². The first-order chi connectivity index (χ1) is 8.22. The SMILES string of the molecule is N#Cc1cc(Cn2cc(CN)cn2)ccc1F. The van der Waals surface area contributed by atoms with Gasteiger partial charge in [-0.1, -0.05) is 6.07 Å². The quantitative estimate of drug-likeness (QED) is 0.866. The van der Waals surface area contributed by atoms with E-state index in [1.807, 2.05) is 12.3 Å². The molecule has 0 atom stereocenters. The van der Waals surface area contributed by atoms with Gasteiger partial charge in [-0.2, -0.15) is 10.4 Å². The zero-order valence-electron chi connectivity index (χ0n) is 9.10. The molecule has 5 heteroatoms. The van der Waals surface area contributed by atoms with Crippen molar-refractivity contribution in [2.24, 2.45) is 5.73 Å². The number of hydrogen-bond acceptors (Lipinski definition) is 3. The number of benzene rings is 1. The van der Waals surface area contributed by atoms with Gasteiger partial charge in [0.15, 0.2) is 0 Å². The van der Waals surface area contributed by atoms with Gasteiger partial charge in [-0.05, 0) is 17.7 Å². The molecular formula is C12H11FN4. The Balaban J connectivity index is 2.21. The highest BCUT2D eigenvalue weighted by Gasteiger charge is 2.04. The number of nitriles is 1. The zero-order chi connectivity index (χ0) is 12.3. The molecule has 0 aliphatic rings. The Morgan fingerprint density at radius 3 is 2.88 bits per heavy atom. The van der Waals surface area contributed by atoms with Crippen LogP contribution in [-0.4, -0.2) is 9.78 Å². The first-order valence-corrected chi connectivity index (χ1v) is 5.13. The predicted octanol–water partition coefficient (Wildman–Crippen LogP) is 1.40. The van der Waals surface area contributed by atoms with E-state index < -0.39 is 5.82 Å². The van der Waals surface area contributed by atoms with Gasteiger partial charge in [0, 0.05) is 18.3 Å². The van der Waals surface area contributed by atoms with Crippen molar-refractivity contribution >= 4 is 0 Å². The van der Waals surface area contributed by atoms with Crippen LogP contribution in [0, 0.1) is 17.1 Å². The van der Waals surface area contributed by atoms with E-state index in [1.165, 1.54) is 12.1 Å². The molecule has 0 saturated carbocycles. The summed E-state index contributed by atoms with van der Waals surface area (Å²) in [5.41, 5.74) is 7.29. The fourth-order valence-electron chi connectivity index (χ4n) is 1.54. The highest BCUT2D eigenvalue weighted by molar-refractivity contribution is 5.34. The Morgan fingerprint density at radius 2 is 2.24 bits per heavy atom. The third-order valence-corrected chi connectivity index (χ3v) is 2.42. The van der Waals surface area contributed by atoms with Gasteiger partial charge in [0.1, 0.15) is 11.9 Å². The normalized spacial score (nSPS) is 10.2. The molecule has 0 bridgehead atoms. The number of nitrogens with two attached hydrogens (primary N) is 1. The second kappa shape index (κ2) is 4.76. The summed E-state index contributed by atoms with van der Waals surface area (Å²) in [6.07, 6.45) is 3.52. The standard InChI is InChI=1S/C12H11FN4/c13-12-2-1-9(3-11(12)5-15)7-17-8-10(4-14)6-16-17/h1-3,6,8H,4,7,14H2. The lowest BCUT2D eigenvalue weighted by Crippen LogP contribution is -2.01. The van der Waals surface area contributed by atoms with E-state index in [1.54, 1.807) is 16.9 Å². The molecule has 0 aliphatic heterocycles. The summed E-state index contributed by atoms with van der Waals surface area (Å²) in [7, 11) is 0. The van der Waals surface area contributed by atoms with Crippen molar-refractivity contribution in [1.82, 2.24) is 9.78 Å². The van der Waals surface area contributed by atoms with Gasteiger partial charge in [0.25, 0.3) is 0 Å². The van der Waals surface area contributed by atoms with Gasteiger partial charge in [0.05, 0.1) is 18.3 Å². The van der Waals surface area contributed by atoms with E-state index >= 15 is 0 Å². The van der Waals surface area contributed by atoms with Crippen molar-refractivity contribution in [1.29, 1.82) is 5.26 Å². The molecule has 2 aromatic rings. The largest absolute Gasteiger partial charge is 0.326 e. The van der Waals surface area contributed by atoms with Crippen LogP contribution in [0.4, 0.5) is 4.39 Å². The van der Waals surface area contributed by atoms with Crippen molar-refractivity contribution in [3.63, 3.8) is 0 Å². The summed E-state index contributed by atoms with van der Waals surface area (Å²) in [4.78, 5) is 0. The van der Waals surface area contributed by atoms with Crippen LogP contribution >= 0.6 is 0 Å². The van der Waals surface area contributed by atoms with Crippen LogP contribution in [0.5, 0.6) is 0 Å². The molecule has 0 saturated heterocycles. The number of halogens is 1. The Morgan fingerprint density at radius 1 is 1.41 bits per heavy atom. The highest BCUT2D eigenvalue weighted by Crippen LogP contribution is 2.11. The Hall–Kier alpha value is -2.19. The molecule has 2 N–H and O–H groups in total. The van der Waals surface area contributed by atoms with Crippen LogP contribution in [0.25, 0.3) is 0 Å². The predicted molar refractivity (Wildman–Crippen MR) is 60.3 cm³/mol. The minimum absolute atomic E-state index is 0.0497. The van der Waals surface area contributed by atoms with Crippen LogP contribution < -0.4 is 5.73 Å². The summed E-state index contributed by atoms with van der Waals surface area (Å²) in [5, 5.41) is 12.8. The minimum atomic E-state index is -0.501. The highest BCUT2D eigenvalue weighted by atomic mass is 19.1. The maximum Gasteiger partial charge on any atom is 0.140 e. The smallest absolute Gasteiger partial charge is 0.140 e. The molecule has 0 radical (unpaired) electrons. The summed E-state index contributed by atoms with van der Waals surface area (Å²) in [6.45, 7) is 0.932. The van der Waals surface area contributed by atoms with E-state index in [9.17, 15) is 4.39 Å². The Kier molecular flexibility index (Phi) is 3.17. The molecule has 4 nitrogen and oxygen atoms in total. The molecule has 1 aromatic carbocycles. The Bertz CT molecular complexity index is 568. The van der Waals surface area contributed by atoms with Crippen molar-refractivity contribution in [3.05, 3.63) is 53.1 Å². The lowest BCUT2D eigenvalue weighted by molar-refractivity contribution is 0.620. The molecule has 0 amide bonds. The van der Waals surface area contributed by atoms with Crippen molar-refractivity contribution < 1.29 is 4.39 Å². The number of nitrogens with zero attached hydrogens (tertiary/aromatic N) is 3. The van der Waals surface area contributed by atoms with Gasteiger partial charge in [-0.15, -0.1) is 0 Å². The van der Waals surface area contributed by atoms with Crippen LogP contribution in [0.2, 0.25) is 0 Å². The van der Waals surface area contributed by atoms with E-state index in [2.05, 4.69) is 5.10 Å². The summed E-state index contributed by atoms with van der Waals surface area (Å²) in [6, 6.07) is 6.27. The number of rotatable bonds is 3. The molecule has 1 aromatic heterocycles. The van der Waals surface area contributed by atoms with Gasteiger partial charge >= 0.3 is 0 Å². The average molecular weight is 230 g/mol. The fraction of sp³-hybridized carbons (Fsp3) is 0.167. The average Bonchev–Trinajstić information content (AvgIpc) is 2.79. The first kappa shape index (κ1) is 11.3. The van der Waals surface area contributed by atoms with Gasteiger partial charge in [0.2, 0.25) is 0 Å². The van der Waals surface area contributed by atoms with Gasteiger partial charge < -0.3 is 5.73 Å². The van der Waals surface area contributed by atoms with E-state index in [0.29, 0.717) is 13.1 Å². The summed E-state index contributed by atoms with van der Waals surface area (Å²) < 4.78 is 14.8. The maximum atomic E-state index is 13.1. The summed E-state index contributed by atoms with van der Waals surface area (Å²) >= 11 is 0. The molecule has 17 heavy (non-hydrogen) atoms. The summed E-state index contributed by atoms with van der Waals surface area (Å²) in [5.74, 6) is -0.501. The molecule has 0 spiro atoms. The topological polar surface area (TPSA) is 67.6 Å². The molecule has 1 heterocycles. The zero-order valence-corrected chi connectivity index (χ0v) is 9.10. The molecule has 0 aliphatic carbocycles. The number of aromatic nitrogens is 2. The van der Waals surface area contributed by atoms with Crippen molar-refractivity contribution in [3.8, 4) is 6.07 Å². The second-order valence-corrected chi connectivity index (χ2v) is 3.68. The third kappa shape index (κ3) is 2.49. The first-order valence-electron chi connectivity index (χ1n) is 5.13. The Labute approximate surface area is 98.1 Å². The molecular weight excluding hydrogens is 219 g/mol. The maximum absolute atomic E-state index is 13.1. The fourth-order valence-corrected chi connectivity index (χ4v) is 1.54. The van der Waals surface area contributed by atoms with Crippen molar-refractivity contribution in [2.75, 3.05) is 0 Å². The van der Waals surface area contributed by atoms with Crippen LogP contribution in [-0.2, 0) is 13.1 Å². The molecule has 0 unspecified atom stereocenters. The van der Waals surface area contributed by atoms with E-state index in [-0.39, 0.29) is 5.56 Å². The van der Waals surface area contributed by atoms with Crippen LogP contribution in [0.3, 0.4) is 0 Å². The monoisotopic (exact) mass is 230 g/mol. The molecule has 2 rings (SSSR count). The third-order valence-electron chi connectivity index (χ3n) is 2.42. The van der Waals surface area contributed by atoms with Gasteiger partial charge in [-0.25, -0.2) is 4.39 Å². The lowest BCUT2D eigenvalue weighted by atomic mass is 10.1. The van der Waals surface area contributed by atoms with Crippen LogP contribution in [0.15, 0.2) is 30.6 Å². The van der Waals surface area contributed by atoms with E-state index in [4.69, 9.17) is 11.0 Å². The van der Waals surface area contributed by atoms with E-state index in [0.717, 1.165) is 11.1 Å². The van der Waals surface area contributed by atoms with Crippen LogP contribution in [0.1, 0.15) is 16.7 Å². The second-order valence-electron chi connectivity index (χ2n) is 3.68. The molecule has 0 fully saturated rings. The minimum Gasteiger partial charge on any atom is -0.326 e.